The predicted molar refractivity (Wildman–Crippen MR) is 149 cm³/mol. The first-order valence-electron chi connectivity index (χ1n) is 12.8. The van der Waals surface area contributed by atoms with Gasteiger partial charge in [-0.3, -0.25) is 9.69 Å². The molecule has 4 aromatic rings. The van der Waals surface area contributed by atoms with E-state index in [9.17, 15) is 4.79 Å². The molecule has 4 nitrogen and oxygen atoms in total. The molecule has 182 valence electrons. The lowest BCUT2D eigenvalue weighted by Crippen LogP contribution is -2.48. The van der Waals surface area contributed by atoms with E-state index in [0.29, 0.717) is 5.92 Å². The molecule has 1 aliphatic rings. The third-order valence-corrected chi connectivity index (χ3v) is 6.95. The van der Waals surface area contributed by atoms with Crippen LogP contribution in [0.25, 0.3) is 28.2 Å². The van der Waals surface area contributed by atoms with Crippen molar-refractivity contribution in [1.29, 1.82) is 0 Å². The Morgan fingerprint density at radius 2 is 1.58 bits per heavy atom. The minimum atomic E-state index is 0.0909. The van der Waals surface area contributed by atoms with Crippen LogP contribution in [0.15, 0.2) is 91.0 Å². The monoisotopic (exact) mass is 475 g/mol. The zero-order valence-electron chi connectivity index (χ0n) is 21.1. The average molecular weight is 476 g/mol. The zero-order valence-corrected chi connectivity index (χ0v) is 21.1. The van der Waals surface area contributed by atoms with Crippen molar-refractivity contribution in [2.24, 2.45) is 0 Å². The Bertz CT molecular complexity index is 1350. The van der Waals surface area contributed by atoms with Crippen LogP contribution in [0.1, 0.15) is 41.3 Å². The quantitative estimate of drug-likeness (QED) is 0.320. The van der Waals surface area contributed by atoms with Gasteiger partial charge in [0, 0.05) is 43.7 Å². The van der Waals surface area contributed by atoms with Crippen LogP contribution >= 0.6 is 0 Å². The van der Waals surface area contributed by atoms with Gasteiger partial charge in [0.2, 0.25) is 0 Å². The van der Waals surface area contributed by atoms with E-state index in [1.807, 2.05) is 41.3 Å². The predicted octanol–water partition coefficient (Wildman–Crippen LogP) is 6.50. The Balaban J connectivity index is 1.32. The molecule has 3 aromatic carbocycles. The van der Waals surface area contributed by atoms with E-state index >= 15 is 0 Å². The molecular formula is C32H33N3O. The number of carbonyl (C=O) groups is 1. The number of para-hydroxylation sites is 1. The molecule has 1 saturated heterocycles. The molecule has 1 aliphatic heterocycles. The molecule has 2 heterocycles. The highest BCUT2D eigenvalue weighted by atomic mass is 16.2. The molecule has 0 atom stereocenters. The summed E-state index contributed by atoms with van der Waals surface area (Å²) in [6, 6.07) is 28.8. The summed E-state index contributed by atoms with van der Waals surface area (Å²) in [7, 11) is 0. The Morgan fingerprint density at radius 3 is 2.31 bits per heavy atom. The third kappa shape index (κ3) is 5.39. The molecule has 36 heavy (non-hydrogen) atoms. The fourth-order valence-electron chi connectivity index (χ4n) is 4.74. The first-order chi connectivity index (χ1) is 17.6. The van der Waals surface area contributed by atoms with Crippen molar-refractivity contribution in [2.75, 3.05) is 32.7 Å². The van der Waals surface area contributed by atoms with Crippen molar-refractivity contribution in [3.05, 3.63) is 108 Å². The molecule has 1 aromatic heterocycles. The van der Waals surface area contributed by atoms with Gasteiger partial charge < -0.3 is 4.90 Å². The smallest absolute Gasteiger partial charge is 0.254 e. The molecule has 0 radical (unpaired) electrons. The molecule has 0 aliphatic carbocycles. The third-order valence-electron chi connectivity index (χ3n) is 6.95. The summed E-state index contributed by atoms with van der Waals surface area (Å²) in [5.74, 6) is 0.571. The number of hydrogen-bond donors (Lipinski definition) is 0. The number of fused-ring (bicyclic) bond motifs is 1. The minimum Gasteiger partial charge on any atom is -0.336 e. The molecule has 0 saturated carbocycles. The molecule has 0 unspecified atom stereocenters. The summed E-state index contributed by atoms with van der Waals surface area (Å²) in [6.07, 6.45) is 4.37. The molecule has 0 spiro atoms. The summed E-state index contributed by atoms with van der Waals surface area (Å²) < 4.78 is 0. The van der Waals surface area contributed by atoms with Gasteiger partial charge in [-0.25, -0.2) is 4.98 Å². The molecule has 4 heteroatoms. The number of nitrogens with zero attached hydrogens (tertiary/aromatic N) is 3. The Labute approximate surface area is 213 Å². The number of aromatic nitrogens is 1. The van der Waals surface area contributed by atoms with Crippen LogP contribution in [0.2, 0.25) is 0 Å². The number of amides is 1. The van der Waals surface area contributed by atoms with Crippen LogP contribution in [-0.2, 0) is 0 Å². The summed E-state index contributed by atoms with van der Waals surface area (Å²) in [5, 5.41) is 0.915. The van der Waals surface area contributed by atoms with E-state index in [4.69, 9.17) is 4.98 Å². The molecule has 1 amide bonds. The number of piperazine rings is 1. The number of hydrogen-bond acceptors (Lipinski definition) is 3. The van der Waals surface area contributed by atoms with E-state index in [1.54, 1.807) is 0 Å². The highest BCUT2D eigenvalue weighted by molar-refractivity contribution is 6.07. The number of rotatable bonds is 6. The maximum absolute atomic E-state index is 13.7. The van der Waals surface area contributed by atoms with E-state index in [-0.39, 0.29) is 5.91 Å². The zero-order chi connectivity index (χ0) is 24.9. The van der Waals surface area contributed by atoms with Gasteiger partial charge >= 0.3 is 0 Å². The summed E-state index contributed by atoms with van der Waals surface area (Å²) in [5.41, 5.74) is 5.99. The molecule has 0 bridgehead atoms. The lowest BCUT2D eigenvalue weighted by atomic mass is 9.99. The highest BCUT2D eigenvalue weighted by Gasteiger charge is 2.24. The van der Waals surface area contributed by atoms with Gasteiger partial charge in [0.05, 0.1) is 16.8 Å². The van der Waals surface area contributed by atoms with Gasteiger partial charge in [-0.05, 0) is 29.2 Å². The van der Waals surface area contributed by atoms with E-state index < -0.39 is 0 Å². The Morgan fingerprint density at radius 1 is 0.889 bits per heavy atom. The number of carbonyl (C=O) groups excluding carboxylic acids is 1. The second kappa shape index (κ2) is 10.9. The van der Waals surface area contributed by atoms with Crippen LogP contribution in [0.5, 0.6) is 0 Å². The number of benzene rings is 3. The maximum Gasteiger partial charge on any atom is 0.254 e. The van der Waals surface area contributed by atoms with Crippen molar-refractivity contribution in [3.63, 3.8) is 0 Å². The molecule has 5 rings (SSSR count). The lowest BCUT2D eigenvalue weighted by Gasteiger charge is -2.34. The van der Waals surface area contributed by atoms with Gasteiger partial charge in [0.25, 0.3) is 5.91 Å². The Hall–Kier alpha value is -3.76. The summed E-state index contributed by atoms with van der Waals surface area (Å²) in [4.78, 5) is 23.0. The van der Waals surface area contributed by atoms with E-state index in [0.717, 1.165) is 60.4 Å². The molecule has 1 fully saturated rings. The molecular weight excluding hydrogens is 442 g/mol. The second-order valence-electron chi connectivity index (χ2n) is 9.75. The van der Waals surface area contributed by atoms with Crippen LogP contribution in [0.3, 0.4) is 0 Å². The van der Waals surface area contributed by atoms with Crippen LogP contribution in [0.4, 0.5) is 0 Å². The van der Waals surface area contributed by atoms with Crippen molar-refractivity contribution in [1.82, 2.24) is 14.8 Å². The first kappa shape index (κ1) is 24.0. The van der Waals surface area contributed by atoms with Gasteiger partial charge in [-0.2, -0.15) is 0 Å². The number of pyridine rings is 1. The van der Waals surface area contributed by atoms with Crippen LogP contribution < -0.4 is 0 Å². The fourth-order valence-corrected chi connectivity index (χ4v) is 4.74. The second-order valence-corrected chi connectivity index (χ2v) is 9.75. The van der Waals surface area contributed by atoms with Crippen LogP contribution in [-0.4, -0.2) is 53.4 Å². The minimum absolute atomic E-state index is 0.0909. The standard InChI is InChI=1S/C32H33N3O/c1-24(2)26-14-16-27(17-15-26)31-23-29(28-12-6-7-13-30(28)33-31)32(36)35-21-19-34(20-22-35)18-8-11-25-9-4-3-5-10-25/h3-17,23-24H,18-22H2,1-2H3. The van der Waals surface area contributed by atoms with Gasteiger partial charge in [-0.15, -0.1) is 0 Å². The van der Waals surface area contributed by atoms with Crippen LogP contribution in [0, 0.1) is 0 Å². The van der Waals surface area contributed by atoms with Gasteiger partial charge in [0.15, 0.2) is 0 Å². The first-order valence-corrected chi connectivity index (χ1v) is 12.8. The van der Waals surface area contributed by atoms with Gasteiger partial charge in [0.1, 0.15) is 0 Å². The topological polar surface area (TPSA) is 36.4 Å². The average Bonchev–Trinajstić information content (AvgIpc) is 2.93. The highest BCUT2D eigenvalue weighted by Crippen LogP contribution is 2.27. The Kier molecular flexibility index (Phi) is 7.24. The van der Waals surface area contributed by atoms with E-state index in [1.165, 1.54) is 11.1 Å². The maximum atomic E-state index is 13.7. The van der Waals surface area contributed by atoms with Gasteiger partial charge in [-0.1, -0.05) is 98.8 Å². The van der Waals surface area contributed by atoms with Crippen molar-refractivity contribution >= 4 is 22.9 Å². The van der Waals surface area contributed by atoms with Crippen molar-refractivity contribution in [3.8, 4) is 11.3 Å². The SMILES string of the molecule is CC(C)c1ccc(-c2cc(C(=O)N3CCN(CC=Cc4ccccc4)CC3)c3ccccc3n2)cc1. The van der Waals surface area contributed by atoms with Crippen molar-refractivity contribution in [2.45, 2.75) is 19.8 Å². The normalized spacial score (nSPS) is 14.7. The summed E-state index contributed by atoms with van der Waals surface area (Å²) in [6.45, 7) is 8.49. The fraction of sp³-hybridized carbons (Fsp3) is 0.250. The summed E-state index contributed by atoms with van der Waals surface area (Å²) >= 11 is 0. The largest absolute Gasteiger partial charge is 0.336 e. The van der Waals surface area contributed by atoms with Crippen molar-refractivity contribution < 1.29 is 4.79 Å². The van der Waals surface area contributed by atoms with E-state index in [2.05, 4.69) is 79.4 Å². The lowest BCUT2D eigenvalue weighted by molar-refractivity contribution is 0.0652. The molecule has 0 N–H and O–H groups in total.